The molecule has 11 nitrogen and oxygen atoms in total. The summed E-state index contributed by atoms with van der Waals surface area (Å²) in [5.74, 6) is -4.45. The third kappa shape index (κ3) is 5.78. The number of nitrogens with one attached hydrogen (secondary N) is 1. The minimum absolute atomic E-state index is 0.0681. The van der Waals surface area contributed by atoms with Gasteiger partial charge in [0.05, 0.1) is 18.1 Å². The molecule has 0 spiro atoms. The molecule has 0 bridgehead atoms. The lowest BCUT2D eigenvalue weighted by atomic mass is 10.2. The number of amides is 3. The minimum Gasteiger partial charge on any atom is -0.451 e. The van der Waals surface area contributed by atoms with Crippen LogP contribution in [0.1, 0.15) is 0 Å². The van der Waals surface area contributed by atoms with E-state index in [-0.39, 0.29) is 25.4 Å². The number of benzene rings is 2. The van der Waals surface area contributed by atoms with E-state index in [1.807, 2.05) is 0 Å². The van der Waals surface area contributed by atoms with Crippen LogP contribution in [-0.4, -0.2) is 91.6 Å². The summed E-state index contributed by atoms with van der Waals surface area (Å²) in [4.78, 5) is 27.3. The van der Waals surface area contributed by atoms with Gasteiger partial charge in [-0.25, -0.2) is 27.5 Å². The highest BCUT2D eigenvalue weighted by Gasteiger charge is 2.42. The second-order valence-corrected chi connectivity index (χ2v) is 10.5. The Morgan fingerprint density at radius 2 is 1.65 bits per heavy atom. The van der Waals surface area contributed by atoms with Crippen molar-refractivity contribution in [3.05, 3.63) is 53.1 Å². The normalized spacial score (nSPS) is 19.0. The van der Waals surface area contributed by atoms with Crippen LogP contribution < -0.4 is 10.2 Å². The maximum atomic E-state index is 14.8. The molecule has 200 valence electrons. The quantitative estimate of drug-likeness (QED) is 0.423. The molecule has 2 aromatic rings. The Bertz CT molecular complexity index is 1250. The molecule has 2 aliphatic rings. The summed E-state index contributed by atoms with van der Waals surface area (Å²) in [6.45, 7) is 0.514. The summed E-state index contributed by atoms with van der Waals surface area (Å²) in [5, 5.41) is 9.58. The fraction of sp³-hybridized carbons (Fsp3) is 0.364. The number of morpholine rings is 1. The SMILES string of the molecule is O=C(NO)[C@@H]1CN(C(=O)N2CCOCC2)CCN1S(=O)(=O)c1cc(F)c(Oc2ccc(Cl)cc2)c(F)c1. The summed E-state index contributed by atoms with van der Waals surface area (Å²) >= 11 is 5.78. The van der Waals surface area contributed by atoms with Gasteiger partial charge in [0.15, 0.2) is 17.4 Å². The van der Waals surface area contributed by atoms with E-state index in [1.165, 1.54) is 39.5 Å². The number of ether oxygens (including phenoxy) is 2. The Morgan fingerprint density at radius 3 is 2.24 bits per heavy atom. The molecule has 0 saturated carbocycles. The summed E-state index contributed by atoms with van der Waals surface area (Å²) in [6, 6.07) is 4.82. The molecular weight excluding hydrogens is 538 g/mol. The Morgan fingerprint density at radius 1 is 1.03 bits per heavy atom. The number of carbonyl (C=O) groups is 2. The van der Waals surface area contributed by atoms with E-state index < -0.39 is 50.3 Å². The van der Waals surface area contributed by atoms with E-state index in [2.05, 4.69) is 0 Å². The first-order chi connectivity index (χ1) is 17.6. The molecular formula is C22H23ClF2N4O7S. The highest BCUT2D eigenvalue weighted by molar-refractivity contribution is 7.89. The molecule has 2 aliphatic heterocycles. The molecule has 0 aliphatic carbocycles. The second-order valence-electron chi connectivity index (χ2n) is 8.21. The molecule has 0 radical (unpaired) electrons. The lowest BCUT2D eigenvalue weighted by Crippen LogP contribution is -2.63. The number of hydrogen-bond donors (Lipinski definition) is 2. The lowest BCUT2D eigenvalue weighted by Gasteiger charge is -2.41. The lowest BCUT2D eigenvalue weighted by molar-refractivity contribution is -0.134. The number of carbonyl (C=O) groups excluding carboxylic acids is 2. The first-order valence-corrected chi connectivity index (χ1v) is 12.9. The van der Waals surface area contributed by atoms with Gasteiger partial charge in [-0.3, -0.25) is 10.0 Å². The van der Waals surface area contributed by atoms with Crippen LogP contribution in [0.15, 0.2) is 41.3 Å². The van der Waals surface area contributed by atoms with Gasteiger partial charge < -0.3 is 19.3 Å². The van der Waals surface area contributed by atoms with E-state index in [0.29, 0.717) is 47.8 Å². The predicted octanol–water partition coefficient (Wildman–Crippen LogP) is 2.04. The smallest absolute Gasteiger partial charge is 0.320 e. The maximum absolute atomic E-state index is 14.8. The molecule has 37 heavy (non-hydrogen) atoms. The Kier molecular flexibility index (Phi) is 8.14. The topological polar surface area (TPSA) is 129 Å². The number of hydroxylamine groups is 1. The van der Waals surface area contributed by atoms with E-state index in [0.717, 1.165) is 0 Å². The molecule has 3 amide bonds. The van der Waals surface area contributed by atoms with E-state index in [9.17, 15) is 32.0 Å². The number of nitrogens with zero attached hydrogens (tertiary/aromatic N) is 3. The van der Waals surface area contributed by atoms with Gasteiger partial charge in [0.1, 0.15) is 11.8 Å². The van der Waals surface area contributed by atoms with Gasteiger partial charge in [-0.05, 0) is 36.4 Å². The number of hydrogen-bond acceptors (Lipinski definition) is 7. The van der Waals surface area contributed by atoms with Crippen LogP contribution in [0.5, 0.6) is 11.5 Å². The number of sulfonamides is 1. The van der Waals surface area contributed by atoms with Crippen LogP contribution in [0.4, 0.5) is 13.6 Å². The molecule has 2 aromatic carbocycles. The summed E-state index contributed by atoms with van der Waals surface area (Å²) in [6.07, 6.45) is 0. The number of rotatable bonds is 5. The number of urea groups is 1. The standard InChI is InChI=1S/C22H23ClF2N4O7S/c23-14-1-3-15(4-2-14)36-20-17(24)11-16(12-18(20)25)37(33,34)29-6-5-28(13-19(29)21(30)26-32)22(31)27-7-9-35-10-8-27/h1-4,11-12,19,32H,5-10,13H2,(H,26,30)/t19-/m0/s1. The highest BCUT2D eigenvalue weighted by Crippen LogP contribution is 2.32. The van der Waals surface area contributed by atoms with Crippen molar-refractivity contribution in [3.8, 4) is 11.5 Å². The Hall–Kier alpha value is -3.04. The molecule has 0 unspecified atom stereocenters. The maximum Gasteiger partial charge on any atom is 0.320 e. The zero-order chi connectivity index (χ0) is 26.7. The van der Waals surface area contributed by atoms with Crippen LogP contribution in [0, 0.1) is 11.6 Å². The van der Waals surface area contributed by atoms with Gasteiger partial charge in [0.25, 0.3) is 5.91 Å². The number of halogens is 3. The third-order valence-corrected chi connectivity index (χ3v) is 8.05. The molecule has 2 N–H and O–H groups in total. The van der Waals surface area contributed by atoms with Gasteiger partial charge >= 0.3 is 6.03 Å². The van der Waals surface area contributed by atoms with E-state index in [1.54, 1.807) is 0 Å². The fourth-order valence-corrected chi connectivity index (χ4v) is 5.73. The van der Waals surface area contributed by atoms with Crippen LogP contribution in [0.3, 0.4) is 0 Å². The van der Waals surface area contributed by atoms with Crippen molar-refractivity contribution < 1.29 is 41.5 Å². The molecule has 2 heterocycles. The molecule has 0 aromatic heterocycles. The van der Waals surface area contributed by atoms with Crippen molar-refractivity contribution in [2.24, 2.45) is 0 Å². The molecule has 4 rings (SSSR count). The monoisotopic (exact) mass is 560 g/mol. The second kappa shape index (κ2) is 11.1. The van der Waals surface area contributed by atoms with Crippen LogP contribution in [-0.2, 0) is 19.6 Å². The summed E-state index contributed by atoms with van der Waals surface area (Å²) in [5.41, 5.74) is 1.40. The zero-order valence-corrected chi connectivity index (χ0v) is 20.8. The Balaban J connectivity index is 1.58. The van der Waals surface area contributed by atoms with Crippen molar-refractivity contribution in [3.63, 3.8) is 0 Å². The van der Waals surface area contributed by atoms with Gasteiger partial charge in [0.2, 0.25) is 10.0 Å². The van der Waals surface area contributed by atoms with Crippen molar-refractivity contribution in [2.75, 3.05) is 45.9 Å². The van der Waals surface area contributed by atoms with E-state index >= 15 is 0 Å². The molecule has 2 fully saturated rings. The van der Waals surface area contributed by atoms with Crippen LogP contribution in [0.25, 0.3) is 0 Å². The van der Waals surface area contributed by atoms with Gasteiger partial charge in [-0.2, -0.15) is 4.31 Å². The van der Waals surface area contributed by atoms with Crippen LogP contribution in [0.2, 0.25) is 5.02 Å². The zero-order valence-electron chi connectivity index (χ0n) is 19.3. The third-order valence-electron chi connectivity index (χ3n) is 5.91. The largest absolute Gasteiger partial charge is 0.451 e. The van der Waals surface area contributed by atoms with Crippen molar-refractivity contribution >= 4 is 33.6 Å². The average Bonchev–Trinajstić information content (AvgIpc) is 2.90. The predicted molar refractivity (Wildman–Crippen MR) is 125 cm³/mol. The molecule has 2 saturated heterocycles. The van der Waals surface area contributed by atoms with Gasteiger partial charge in [-0.15, -0.1) is 0 Å². The summed E-state index contributed by atoms with van der Waals surface area (Å²) < 4.78 is 67.4. The highest BCUT2D eigenvalue weighted by atomic mass is 35.5. The fourth-order valence-electron chi connectivity index (χ4n) is 4.01. The van der Waals surface area contributed by atoms with Gasteiger partial charge in [-0.1, -0.05) is 11.6 Å². The van der Waals surface area contributed by atoms with Gasteiger partial charge in [0, 0.05) is 37.7 Å². The van der Waals surface area contributed by atoms with E-state index in [4.69, 9.17) is 21.1 Å². The first-order valence-electron chi connectivity index (χ1n) is 11.1. The molecule has 15 heteroatoms. The van der Waals surface area contributed by atoms with Crippen molar-refractivity contribution in [1.29, 1.82) is 0 Å². The van der Waals surface area contributed by atoms with Crippen LogP contribution >= 0.6 is 11.6 Å². The van der Waals surface area contributed by atoms with Crippen molar-refractivity contribution in [1.82, 2.24) is 19.6 Å². The Labute approximate surface area is 216 Å². The number of piperazine rings is 1. The molecule has 1 atom stereocenters. The summed E-state index contributed by atoms with van der Waals surface area (Å²) in [7, 11) is -4.64. The average molecular weight is 561 g/mol. The minimum atomic E-state index is -4.64. The van der Waals surface area contributed by atoms with Crippen molar-refractivity contribution in [2.45, 2.75) is 10.9 Å². The first kappa shape index (κ1) is 27.0.